The Morgan fingerprint density at radius 3 is 2.50 bits per heavy atom. The van der Waals surface area contributed by atoms with Crippen LogP contribution in [0.4, 0.5) is 13.2 Å². The average Bonchev–Trinajstić information content (AvgIpc) is 2.42. The van der Waals surface area contributed by atoms with Crippen LogP contribution in [-0.2, 0) is 11.3 Å². The predicted octanol–water partition coefficient (Wildman–Crippen LogP) is 3.16. The Balaban J connectivity index is 2.11. The highest BCUT2D eigenvalue weighted by Crippen LogP contribution is 2.14. The van der Waals surface area contributed by atoms with Crippen molar-refractivity contribution in [2.75, 3.05) is 0 Å². The Labute approximate surface area is 113 Å². The zero-order chi connectivity index (χ0) is 14.7. The molecule has 0 atom stereocenters. The van der Waals surface area contributed by atoms with Gasteiger partial charge in [-0.3, -0.25) is 0 Å². The van der Waals surface area contributed by atoms with Crippen LogP contribution in [0, 0.1) is 24.6 Å². The minimum Gasteiger partial charge on any atom is -0.457 e. The van der Waals surface area contributed by atoms with Crippen molar-refractivity contribution in [1.29, 1.82) is 0 Å². The molecule has 2 rings (SSSR count). The van der Waals surface area contributed by atoms with Gasteiger partial charge in [-0.05, 0) is 12.5 Å². The van der Waals surface area contributed by atoms with Crippen LogP contribution >= 0.6 is 0 Å². The van der Waals surface area contributed by atoms with Crippen molar-refractivity contribution in [2.45, 2.75) is 13.5 Å². The number of rotatable bonds is 3. The number of hydrogen-bond donors (Lipinski definition) is 0. The molecule has 1 aromatic carbocycles. The van der Waals surface area contributed by atoms with Crippen molar-refractivity contribution in [3.8, 4) is 0 Å². The lowest BCUT2D eigenvalue weighted by Gasteiger charge is -2.06. The van der Waals surface area contributed by atoms with Crippen molar-refractivity contribution in [3.63, 3.8) is 0 Å². The summed E-state index contributed by atoms with van der Waals surface area (Å²) in [5, 5.41) is 0. The lowest BCUT2D eigenvalue weighted by atomic mass is 10.2. The van der Waals surface area contributed by atoms with E-state index in [0.717, 1.165) is 5.56 Å². The molecule has 0 aliphatic rings. The van der Waals surface area contributed by atoms with Gasteiger partial charge >= 0.3 is 5.97 Å². The number of carbonyl (C=O) groups excluding carboxylic acids is 1. The van der Waals surface area contributed by atoms with Gasteiger partial charge in [0.25, 0.3) is 5.95 Å². The SMILES string of the molecule is Cc1ccc(COC(=O)c2cc(F)nc(F)c2F)cc1. The van der Waals surface area contributed by atoms with Crippen LogP contribution in [0.1, 0.15) is 21.5 Å². The Morgan fingerprint density at radius 1 is 1.20 bits per heavy atom. The molecule has 20 heavy (non-hydrogen) atoms. The molecule has 0 saturated heterocycles. The maximum absolute atomic E-state index is 13.3. The number of aromatic nitrogens is 1. The molecular formula is C14H10F3NO2. The molecule has 0 saturated carbocycles. The highest BCUT2D eigenvalue weighted by atomic mass is 19.2. The molecule has 0 amide bonds. The van der Waals surface area contributed by atoms with E-state index in [-0.39, 0.29) is 6.61 Å². The molecule has 0 N–H and O–H groups in total. The van der Waals surface area contributed by atoms with Gasteiger partial charge in [0.2, 0.25) is 5.95 Å². The number of nitrogens with zero attached hydrogens (tertiary/aromatic N) is 1. The summed E-state index contributed by atoms with van der Waals surface area (Å²) in [4.78, 5) is 14.2. The van der Waals surface area contributed by atoms with E-state index < -0.39 is 29.2 Å². The first kappa shape index (κ1) is 14.0. The van der Waals surface area contributed by atoms with Gasteiger partial charge in [-0.2, -0.15) is 13.8 Å². The predicted molar refractivity (Wildman–Crippen MR) is 64.4 cm³/mol. The van der Waals surface area contributed by atoms with E-state index in [1.165, 1.54) is 0 Å². The normalized spacial score (nSPS) is 10.4. The summed E-state index contributed by atoms with van der Waals surface area (Å²) in [6.45, 7) is 1.78. The first-order valence-electron chi connectivity index (χ1n) is 5.71. The molecule has 0 spiro atoms. The Kier molecular flexibility index (Phi) is 4.02. The molecule has 0 aliphatic carbocycles. The van der Waals surface area contributed by atoms with Crippen LogP contribution in [0.2, 0.25) is 0 Å². The summed E-state index contributed by atoms with van der Waals surface area (Å²) in [6, 6.07) is 7.58. The fourth-order valence-electron chi connectivity index (χ4n) is 1.53. The van der Waals surface area contributed by atoms with Crippen LogP contribution in [0.5, 0.6) is 0 Å². The quantitative estimate of drug-likeness (QED) is 0.641. The van der Waals surface area contributed by atoms with E-state index in [2.05, 4.69) is 4.98 Å². The van der Waals surface area contributed by atoms with Crippen LogP contribution in [0.25, 0.3) is 0 Å². The smallest absolute Gasteiger partial charge is 0.341 e. The van der Waals surface area contributed by atoms with Crippen LogP contribution < -0.4 is 0 Å². The largest absolute Gasteiger partial charge is 0.457 e. The van der Waals surface area contributed by atoms with E-state index in [1.54, 1.807) is 12.1 Å². The molecular weight excluding hydrogens is 271 g/mol. The number of pyridine rings is 1. The summed E-state index contributed by atoms with van der Waals surface area (Å²) >= 11 is 0. The molecule has 0 radical (unpaired) electrons. The standard InChI is InChI=1S/C14H10F3NO2/c1-8-2-4-9(5-3-8)7-20-14(19)10-6-11(15)18-13(17)12(10)16/h2-6H,7H2,1H3. The molecule has 0 fully saturated rings. The average molecular weight is 281 g/mol. The van der Waals surface area contributed by atoms with Gasteiger partial charge in [-0.25, -0.2) is 9.18 Å². The van der Waals surface area contributed by atoms with Crippen molar-refractivity contribution in [2.24, 2.45) is 0 Å². The number of halogens is 3. The van der Waals surface area contributed by atoms with Crippen molar-refractivity contribution >= 4 is 5.97 Å². The number of carbonyl (C=O) groups is 1. The summed E-state index contributed by atoms with van der Waals surface area (Å²) in [5.74, 6) is -5.64. The van der Waals surface area contributed by atoms with E-state index in [1.807, 2.05) is 19.1 Å². The number of esters is 1. The Bertz CT molecular complexity index is 642. The third-order valence-corrected chi connectivity index (χ3v) is 2.60. The fourth-order valence-corrected chi connectivity index (χ4v) is 1.53. The van der Waals surface area contributed by atoms with Gasteiger partial charge in [0.05, 0.1) is 0 Å². The molecule has 1 heterocycles. The van der Waals surface area contributed by atoms with Crippen LogP contribution in [-0.4, -0.2) is 11.0 Å². The monoisotopic (exact) mass is 281 g/mol. The maximum Gasteiger partial charge on any atom is 0.341 e. The minimum absolute atomic E-state index is 0.121. The maximum atomic E-state index is 13.3. The number of benzene rings is 1. The molecule has 104 valence electrons. The fraction of sp³-hybridized carbons (Fsp3) is 0.143. The van der Waals surface area contributed by atoms with E-state index in [9.17, 15) is 18.0 Å². The third kappa shape index (κ3) is 3.14. The third-order valence-electron chi connectivity index (χ3n) is 2.60. The lowest BCUT2D eigenvalue weighted by molar-refractivity contribution is 0.0464. The molecule has 3 nitrogen and oxygen atoms in total. The summed E-state index contributed by atoms with van der Waals surface area (Å²) in [6.07, 6.45) is 0. The zero-order valence-electron chi connectivity index (χ0n) is 10.5. The van der Waals surface area contributed by atoms with Crippen molar-refractivity contribution in [3.05, 3.63) is 64.7 Å². The van der Waals surface area contributed by atoms with Crippen molar-refractivity contribution in [1.82, 2.24) is 4.98 Å². The van der Waals surface area contributed by atoms with E-state index in [4.69, 9.17) is 4.74 Å². The molecule has 0 unspecified atom stereocenters. The first-order chi connectivity index (χ1) is 9.47. The number of ether oxygens (including phenoxy) is 1. The van der Waals surface area contributed by atoms with Crippen LogP contribution in [0.15, 0.2) is 30.3 Å². The van der Waals surface area contributed by atoms with Gasteiger partial charge in [0.1, 0.15) is 12.2 Å². The summed E-state index contributed by atoms with van der Waals surface area (Å²) < 4.78 is 43.8. The van der Waals surface area contributed by atoms with Gasteiger partial charge in [0, 0.05) is 6.07 Å². The highest BCUT2D eigenvalue weighted by molar-refractivity contribution is 5.89. The Hall–Kier alpha value is -2.37. The molecule has 6 heteroatoms. The second-order valence-corrected chi connectivity index (χ2v) is 4.16. The Morgan fingerprint density at radius 2 is 1.85 bits per heavy atom. The van der Waals surface area contributed by atoms with Gasteiger partial charge in [0.15, 0.2) is 5.82 Å². The second-order valence-electron chi connectivity index (χ2n) is 4.16. The van der Waals surface area contributed by atoms with Gasteiger partial charge in [-0.1, -0.05) is 29.8 Å². The zero-order valence-corrected chi connectivity index (χ0v) is 10.5. The number of aryl methyl sites for hydroxylation is 1. The topological polar surface area (TPSA) is 39.2 Å². The molecule has 1 aromatic heterocycles. The first-order valence-corrected chi connectivity index (χ1v) is 5.71. The highest BCUT2D eigenvalue weighted by Gasteiger charge is 2.20. The van der Waals surface area contributed by atoms with E-state index >= 15 is 0 Å². The molecule has 0 aliphatic heterocycles. The van der Waals surface area contributed by atoms with Gasteiger partial charge in [-0.15, -0.1) is 0 Å². The van der Waals surface area contributed by atoms with E-state index in [0.29, 0.717) is 11.6 Å². The lowest BCUT2D eigenvalue weighted by Crippen LogP contribution is -2.11. The minimum atomic E-state index is -1.67. The van der Waals surface area contributed by atoms with Crippen LogP contribution in [0.3, 0.4) is 0 Å². The van der Waals surface area contributed by atoms with Crippen molar-refractivity contribution < 1.29 is 22.7 Å². The van der Waals surface area contributed by atoms with Gasteiger partial charge < -0.3 is 4.74 Å². The second kappa shape index (κ2) is 5.73. The summed E-state index contributed by atoms with van der Waals surface area (Å²) in [5.41, 5.74) is 0.894. The summed E-state index contributed by atoms with van der Waals surface area (Å²) in [7, 11) is 0. The molecule has 2 aromatic rings. The molecule has 0 bridgehead atoms. The number of hydrogen-bond acceptors (Lipinski definition) is 3.